The van der Waals surface area contributed by atoms with E-state index < -0.39 is 0 Å². The molecule has 2 nitrogen and oxygen atoms in total. The molecule has 1 N–H and O–H groups in total. The smallest absolute Gasteiger partial charge is 0.0628 e. The Morgan fingerprint density at radius 3 is 2.42 bits per heavy atom. The van der Waals surface area contributed by atoms with E-state index >= 15 is 0 Å². The summed E-state index contributed by atoms with van der Waals surface area (Å²) in [4.78, 5) is 2.42. The largest absolute Gasteiger partial charge is 0.394 e. The first kappa shape index (κ1) is 12.6. The highest BCUT2D eigenvalue weighted by atomic mass is 16.3. The van der Waals surface area contributed by atoms with Crippen LogP contribution >= 0.6 is 0 Å². The quantitative estimate of drug-likeness (QED) is 0.909. The van der Waals surface area contributed by atoms with E-state index in [4.69, 9.17) is 0 Å². The van der Waals surface area contributed by atoms with Gasteiger partial charge in [-0.1, -0.05) is 42.8 Å². The van der Waals surface area contributed by atoms with Crippen LogP contribution in [0.3, 0.4) is 0 Å². The third-order valence-corrected chi connectivity index (χ3v) is 4.16. The third kappa shape index (κ3) is 2.65. The Morgan fingerprint density at radius 1 is 0.947 bits per heavy atom. The molecule has 19 heavy (non-hydrogen) atoms. The molecule has 2 heteroatoms. The molecule has 1 fully saturated rings. The van der Waals surface area contributed by atoms with Crippen LogP contribution in [-0.2, 0) is 0 Å². The maximum Gasteiger partial charge on any atom is 0.0628 e. The summed E-state index contributed by atoms with van der Waals surface area (Å²) in [5.41, 5.74) is 1.24. The molecule has 1 unspecified atom stereocenters. The molecule has 1 saturated heterocycles. The van der Waals surface area contributed by atoms with Crippen molar-refractivity contribution in [3.05, 3.63) is 48.0 Å². The van der Waals surface area contributed by atoms with Crippen LogP contribution in [-0.4, -0.2) is 29.7 Å². The summed E-state index contributed by atoms with van der Waals surface area (Å²) < 4.78 is 0. The van der Waals surface area contributed by atoms with Gasteiger partial charge in [0.2, 0.25) is 0 Å². The highest BCUT2D eigenvalue weighted by Gasteiger charge is 2.21. The summed E-state index contributed by atoms with van der Waals surface area (Å²) in [5.74, 6) is 0. The van der Waals surface area contributed by atoms with Gasteiger partial charge in [-0.15, -0.1) is 0 Å². The van der Waals surface area contributed by atoms with Gasteiger partial charge in [-0.3, -0.25) is 4.90 Å². The number of likely N-dealkylation sites (tertiary alicyclic amines) is 1. The van der Waals surface area contributed by atoms with Crippen molar-refractivity contribution in [1.82, 2.24) is 4.90 Å². The van der Waals surface area contributed by atoms with E-state index in [1.807, 2.05) is 0 Å². The first-order valence-corrected chi connectivity index (χ1v) is 7.22. The van der Waals surface area contributed by atoms with Crippen molar-refractivity contribution >= 4 is 10.8 Å². The molecular weight excluding hydrogens is 234 g/mol. The van der Waals surface area contributed by atoms with Crippen LogP contribution in [0.4, 0.5) is 0 Å². The lowest BCUT2D eigenvalue weighted by Gasteiger charge is -2.33. The van der Waals surface area contributed by atoms with Crippen LogP contribution in [0.25, 0.3) is 10.8 Å². The Balaban J connectivity index is 1.91. The summed E-state index contributed by atoms with van der Waals surface area (Å²) in [6.45, 7) is 2.43. The molecule has 0 bridgehead atoms. The minimum Gasteiger partial charge on any atom is -0.394 e. The van der Waals surface area contributed by atoms with E-state index in [1.165, 1.54) is 35.6 Å². The van der Waals surface area contributed by atoms with Gasteiger partial charge in [0.15, 0.2) is 0 Å². The third-order valence-electron chi connectivity index (χ3n) is 4.16. The van der Waals surface area contributed by atoms with Crippen molar-refractivity contribution in [2.45, 2.75) is 25.3 Å². The summed E-state index contributed by atoms with van der Waals surface area (Å²) in [6.07, 6.45) is 3.83. The van der Waals surface area contributed by atoms with Crippen LogP contribution in [0.2, 0.25) is 0 Å². The minimum atomic E-state index is 0.157. The summed E-state index contributed by atoms with van der Waals surface area (Å²) in [5, 5.41) is 12.3. The summed E-state index contributed by atoms with van der Waals surface area (Å²) >= 11 is 0. The van der Waals surface area contributed by atoms with Crippen LogP contribution in [0.5, 0.6) is 0 Å². The zero-order valence-corrected chi connectivity index (χ0v) is 11.3. The Bertz CT molecular complexity index is 546. The van der Waals surface area contributed by atoms with E-state index in [0.29, 0.717) is 0 Å². The lowest BCUT2D eigenvalue weighted by Crippen LogP contribution is -2.35. The molecule has 0 saturated carbocycles. The standard InChI is InChI=1S/C17H21NO/c19-13-17(18-10-4-1-5-11-18)16-9-8-14-6-2-3-7-15(14)12-16/h2-3,6-9,12,17,19H,1,4-5,10-11,13H2. The maximum atomic E-state index is 9.76. The Kier molecular flexibility index (Phi) is 3.81. The number of rotatable bonds is 3. The van der Waals surface area contributed by atoms with Crippen molar-refractivity contribution < 1.29 is 5.11 Å². The second-order valence-corrected chi connectivity index (χ2v) is 5.40. The van der Waals surface area contributed by atoms with Crippen LogP contribution in [0.15, 0.2) is 42.5 Å². The number of piperidine rings is 1. The normalized spacial score (nSPS) is 18.6. The fraction of sp³-hybridized carbons (Fsp3) is 0.412. The first-order valence-electron chi connectivity index (χ1n) is 7.22. The second kappa shape index (κ2) is 5.72. The van der Waals surface area contributed by atoms with E-state index in [2.05, 4.69) is 47.4 Å². The van der Waals surface area contributed by atoms with Gasteiger partial charge in [-0.2, -0.15) is 0 Å². The number of aliphatic hydroxyl groups excluding tert-OH is 1. The van der Waals surface area contributed by atoms with Crippen molar-refractivity contribution in [3.8, 4) is 0 Å². The first-order chi connectivity index (χ1) is 9.38. The zero-order chi connectivity index (χ0) is 13.1. The average molecular weight is 255 g/mol. The van der Waals surface area contributed by atoms with Crippen LogP contribution in [0, 0.1) is 0 Å². The average Bonchev–Trinajstić information content (AvgIpc) is 2.49. The van der Waals surface area contributed by atoms with Crippen molar-refractivity contribution in [1.29, 1.82) is 0 Å². The molecule has 0 aliphatic carbocycles. The lowest BCUT2D eigenvalue weighted by molar-refractivity contribution is 0.104. The number of fused-ring (bicyclic) bond motifs is 1. The molecule has 2 aromatic rings. The number of nitrogens with zero attached hydrogens (tertiary/aromatic N) is 1. The molecule has 1 aliphatic heterocycles. The molecular formula is C17H21NO. The molecule has 0 aromatic heterocycles. The van der Waals surface area contributed by atoms with Gasteiger partial charge >= 0.3 is 0 Å². The molecule has 1 aliphatic rings. The summed E-state index contributed by atoms with van der Waals surface area (Å²) in [7, 11) is 0. The Labute approximate surface area is 114 Å². The van der Waals surface area contributed by atoms with Gasteiger partial charge in [0.25, 0.3) is 0 Å². The number of hydrogen-bond acceptors (Lipinski definition) is 2. The van der Waals surface area contributed by atoms with Crippen LogP contribution < -0.4 is 0 Å². The molecule has 100 valence electrons. The second-order valence-electron chi connectivity index (χ2n) is 5.40. The minimum absolute atomic E-state index is 0.157. The molecule has 0 amide bonds. The fourth-order valence-electron chi connectivity index (χ4n) is 3.08. The van der Waals surface area contributed by atoms with Crippen molar-refractivity contribution in [2.75, 3.05) is 19.7 Å². The van der Waals surface area contributed by atoms with E-state index in [9.17, 15) is 5.11 Å². The Hall–Kier alpha value is -1.38. The van der Waals surface area contributed by atoms with E-state index in [0.717, 1.165) is 13.1 Å². The lowest BCUT2D eigenvalue weighted by atomic mass is 9.99. The predicted octanol–water partition coefficient (Wildman–Crippen LogP) is 3.36. The number of benzene rings is 2. The van der Waals surface area contributed by atoms with Crippen molar-refractivity contribution in [3.63, 3.8) is 0 Å². The summed E-state index contributed by atoms with van der Waals surface area (Å²) in [6, 6.07) is 15.1. The van der Waals surface area contributed by atoms with Gasteiger partial charge in [0, 0.05) is 0 Å². The van der Waals surface area contributed by atoms with E-state index in [-0.39, 0.29) is 12.6 Å². The van der Waals surface area contributed by atoms with Gasteiger partial charge in [0.05, 0.1) is 12.6 Å². The van der Waals surface area contributed by atoms with Crippen molar-refractivity contribution in [2.24, 2.45) is 0 Å². The zero-order valence-electron chi connectivity index (χ0n) is 11.3. The molecule has 0 spiro atoms. The predicted molar refractivity (Wildman–Crippen MR) is 79.2 cm³/mol. The fourth-order valence-corrected chi connectivity index (χ4v) is 3.08. The number of hydrogen-bond donors (Lipinski definition) is 1. The molecule has 0 radical (unpaired) electrons. The topological polar surface area (TPSA) is 23.5 Å². The maximum absolute atomic E-state index is 9.76. The van der Waals surface area contributed by atoms with Gasteiger partial charge < -0.3 is 5.11 Å². The molecule has 3 rings (SSSR count). The number of aliphatic hydroxyl groups is 1. The van der Waals surface area contributed by atoms with Gasteiger partial charge in [-0.05, 0) is 48.3 Å². The molecule has 2 aromatic carbocycles. The van der Waals surface area contributed by atoms with Gasteiger partial charge in [-0.25, -0.2) is 0 Å². The van der Waals surface area contributed by atoms with Gasteiger partial charge in [0.1, 0.15) is 0 Å². The SMILES string of the molecule is OCC(c1ccc2ccccc2c1)N1CCCCC1. The van der Waals surface area contributed by atoms with Crippen LogP contribution in [0.1, 0.15) is 30.9 Å². The highest BCUT2D eigenvalue weighted by molar-refractivity contribution is 5.83. The van der Waals surface area contributed by atoms with E-state index in [1.54, 1.807) is 0 Å². The molecule has 1 atom stereocenters. The monoisotopic (exact) mass is 255 g/mol. The highest BCUT2D eigenvalue weighted by Crippen LogP contribution is 2.26. The molecule has 1 heterocycles. The Morgan fingerprint density at radius 2 is 1.68 bits per heavy atom.